The van der Waals surface area contributed by atoms with Gasteiger partial charge in [0, 0.05) is 26.2 Å². The molecule has 2 rings (SSSR count). The van der Waals surface area contributed by atoms with Crippen molar-refractivity contribution in [3.05, 3.63) is 18.5 Å². The highest BCUT2D eigenvalue weighted by atomic mass is 16.5. The summed E-state index contributed by atoms with van der Waals surface area (Å²) in [5.74, 6) is 0. The summed E-state index contributed by atoms with van der Waals surface area (Å²) in [4.78, 5) is 6.69. The first-order valence-corrected chi connectivity index (χ1v) is 6.85. The molecule has 2 heterocycles. The van der Waals surface area contributed by atoms with Crippen LogP contribution in [0.15, 0.2) is 18.5 Å². The zero-order chi connectivity index (χ0) is 12.8. The summed E-state index contributed by atoms with van der Waals surface area (Å²) in [6.07, 6.45) is 6.32. The Hall–Kier alpha value is -1.29. The van der Waals surface area contributed by atoms with Crippen LogP contribution in [-0.2, 0) is 4.74 Å². The Morgan fingerprint density at radius 1 is 1.50 bits per heavy atom. The Morgan fingerprint density at radius 3 is 3.22 bits per heavy atom. The van der Waals surface area contributed by atoms with Gasteiger partial charge in [-0.2, -0.15) is 0 Å². The minimum Gasteiger partial charge on any atom is -0.384 e. The Bertz CT molecular complexity index is 370. The number of aromatic nitrogens is 1. The molecule has 0 aromatic carbocycles. The van der Waals surface area contributed by atoms with Crippen LogP contribution in [0.3, 0.4) is 0 Å². The second-order valence-corrected chi connectivity index (χ2v) is 4.84. The maximum Gasteiger partial charge on any atom is 0.0721 e. The van der Waals surface area contributed by atoms with E-state index < -0.39 is 0 Å². The molecular weight excluding hydrogens is 226 g/mol. The fourth-order valence-electron chi connectivity index (χ4n) is 2.20. The fraction of sp³-hybridized carbons (Fsp3) is 0.643. The first kappa shape index (κ1) is 13.1. The molecule has 18 heavy (non-hydrogen) atoms. The number of nitrogens with one attached hydrogen (secondary N) is 1. The lowest BCUT2D eigenvalue weighted by Gasteiger charge is -2.24. The van der Waals surface area contributed by atoms with Crippen molar-refractivity contribution in [2.45, 2.75) is 32.8 Å². The van der Waals surface area contributed by atoms with E-state index in [1.165, 1.54) is 5.69 Å². The summed E-state index contributed by atoms with van der Waals surface area (Å²) in [6, 6.07) is 2.18. The molecule has 0 aliphatic carbocycles. The number of ether oxygens (including phenoxy) is 1. The van der Waals surface area contributed by atoms with Gasteiger partial charge in [-0.25, -0.2) is 0 Å². The van der Waals surface area contributed by atoms with Gasteiger partial charge in [0.2, 0.25) is 0 Å². The number of hydrogen-bond acceptors (Lipinski definition) is 4. The number of nitrogens with zero attached hydrogens (tertiary/aromatic N) is 2. The van der Waals surface area contributed by atoms with Crippen molar-refractivity contribution in [2.24, 2.45) is 0 Å². The molecule has 0 spiro atoms. The average Bonchev–Trinajstić information content (AvgIpc) is 2.61. The molecule has 1 aromatic heterocycles. The van der Waals surface area contributed by atoms with Gasteiger partial charge < -0.3 is 15.0 Å². The zero-order valence-corrected chi connectivity index (χ0v) is 11.4. The summed E-state index contributed by atoms with van der Waals surface area (Å²) in [5.41, 5.74) is 2.29. The molecule has 1 aliphatic rings. The third-order valence-corrected chi connectivity index (χ3v) is 3.12. The third-order valence-electron chi connectivity index (χ3n) is 3.12. The van der Waals surface area contributed by atoms with Crippen molar-refractivity contribution in [3.8, 4) is 0 Å². The van der Waals surface area contributed by atoms with Gasteiger partial charge in [-0.1, -0.05) is 6.92 Å². The molecule has 100 valence electrons. The Morgan fingerprint density at radius 2 is 2.39 bits per heavy atom. The molecule has 1 unspecified atom stereocenters. The van der Waals surface area contributed by atoms with E-state index in [0.717, 1.165) is 44.8 Å². The van der Waals surface area contributed by atoms with E-state index in [9.17, 15) is 0 Å². The summed E-state index contributed by atoms with van der Waals surface area (Å²) in [5, 5.41) is 3.38. The first-order valence-electron chi connectivity index (χ1n) is 6.85. The lowest BCUT2D eigenvalue weighted by molar-refractivity contribution is 0.0821. The molecule has 0 amide bonds. The topological polar surface area (TPSA) is 37.4 Å². The summed E-state index contributed by atoms with van der Waals surface area (Å²) in [6.45, 7) is 8.13. The predicted octanol–water partition coefficient (Wildman–Crippen LogP) is 2.52. The van der Waals surface area contributed by atoms with Crippen molar-refractivity contribution in [1.82, 2.24) is 4.98 Å². The highest BCUT2D eigenvalue weighted by Crippen LogP contribution is 2.20. The van der Waals surface area contributed by atoms with Crippen LogP contribution in [0.4, 0.5) is 11.4 Å². The monoisotopic (exact) mass is 249 g/mol. The lowest BCUT2D eigenvalue weighted by atomic mass is 10.3. The zero-order valence-electron chi connectivity index (χ0n) is 11.4. The van der Waals surface area contributed by atoms with Crippen LogP contribution in [0.5, 0.6) is 0 Å². The molecule has 4 nitrogen and oxygen atoms in total. The Labute approximate surface area is 109 Å². The normalized spacial score (nSPS) is 20.6. The van der Waals surface area contributed by atoms with Crippen LogP contribution in [-0.4, -0.2) is 37.3 Å². The fourth-order valence-corrected chi connectivity index (χ4v) is 2.20. The smallest absolute Gasteiger partial charge is 0.0721 e. The second kappa shape index (κ2) is 6.59. The lowest BCUT2D eigenvalue weighted by Crippen LogP contribution is -2.30. The minimum absolute atomic E-state index is 0.291. The van der Waals surface area contributed by atoms with Crippen LogP contribution >= 0.6 is 0 Å². The maximum atomic E-state index is 5.67. The quantitative estimate of drug-likeness (QED) is 0.889. The largest absolute Gasteiger partial charge is 0.384 e. The van der Waals surface area contributed by atoms with E-state index in [-0.39, 0.29) is 0 Å². The summed E-state index contributed by atoms with van der Waals surface area (Å²) < 4.78 is 5.67. The van der Waals surface area contributed by atoms with Gasteiger partial charge in [0.25, 0.3) is 0 Å². The van der Waals surface area contributed by atoms with Gasteiger partial charge in [0.1, 0.15) is 0 Å². The van der Waals surface area contributed by atoms with Crippen LogP contribution in [0.1, 0.15) is 26.7 Å². The Kier molecular flexibility index (Phi) is 4.81. The number of rotatable bonds is 4. The van der Waals surface area contributed by atoms with Gasteiger partial charge in [0.15, 0.2) is 0 Å². The van der Waals surface area contributed by atoms with Crippen molar-refractivity contribution in [2.75, 3.05) is 36.5 Å². The summed E-state index contributed by atoms with van der Waals surface area (Å²) >= 11 is 0. The molecule has 0 bridgehead atoms. The van der Waals surface area contributed by atoms with E-state index in [4.69, 9.17) is 4.74 Å². The second-order valence-electron chi connectivity index (χ2n) is 4.84. The molecule has 1 saturated heterocycles. The van der Waals surface area contributed by atoms with Gasteiger partial charge in [-0.3, -0.25) is 4.98 Å². The van der Waals surface area contributed by atoms with Crippen molar-refractivity contribution >= 4 is 11.4 Å². The molecule has 4 heteroatoms. The molecular formula is C14H23N3O. The van der Waals surface area contributed by atoms with Crippen LogP contribution in [0.2, 0.25) is 0 Å². The highest BCUT2D eigenvalue weighted by molar-refractivity contribution is 5.55. The molecule has 1 N–H and O–H groups in total. The van der Waals surface area contributed by atoms with Crippen LogP contribution < -0.4 is 10.2 Å². The first-order chi connectivity index (χ1) is 8.79. The van der Waals surface area contributed by atoms with Gasteiger partial charge >= 0.3 is 0 Å². The molecule has 0 saturated carbocycles. The predicted molar refractivity (Wildman–Crippen MR) is 75.3 cm³/mol. The van der Waals surface area contributed by atoms with Crippen LogP contribution in [0, 0.1) is 0 Å². The van der Waals surface area contributed by atoms with E-state index >= 15 is 0 Å². The molecule has 0 radical (unpaired) electrons. The maximum absolute atomic E-state index is 5.67. The highest BCUT2D eigenvalue weighted by Gasteiger charge is 2.15. The van der Waals surface area contributed by atoms with E-state index in [0.29, 0.717) is 6.10 Å². The molecule has 1 aliphatic heterocycles. The van der Waals surface area contributed by atoms with E-state index in [2.05, 4.69) is 35.1 Å². The standard InChI is InChI=1S/C14H23N3O/c1-3-5-16-13-8-14(10-15-9-13)17-6-4-7-18-12(2)11-17/h8-10,12,16H,3-7,11H2,1-2H3. The number of hydrogen-bond donors (Lipinski definition) is 1. The van der Waals surface area contributed by atoms with Gasteiger partial charge in [0.05, 0.1) is 29.9 Å². The Balaban J connectivity index is 2.06. The van der Waals surface area contributed by atoms with Crippen LogP contribution in [0.25, 0.3) is 0 Å². The van der Waals surface area contributed by atoms with E-state index in [1.807, 2.05) is 12.4 Å². The van der Waals surface area contributed by atoms with Crippen molar-refractivity contribution in [3.63, 3.8) is 0 Å². The third kappa shape index (κ3) is 3.60. The van der Waals surface area contributed by atoms with Gasteiger partial charge in [-0.05, 0) is 25.8 Å². The molecule has 1 aromatic rings. The number of pyridine rings is 1. The SMILES string of the molecule is CCCNc1cncc(N2CCCOC(C)C2)c1. The van der Waals surface area contributed by atoms with Gasteiger partial charge in [-0.15, -0.1) is 0 Å². The van der Waals surface area contributed by atoms with E-state index in [1.54, 1.807) is 0 Å². The minimum atomic E-state index is 0.291. The van der Waals surface area contributed by atoms with Crippen molar-refractivity contribution < 1.29 is 4.74 Å². The molecule has 1 fully saturated rings. The molecule has 1 atom stereocenters. The summed E-state index contributed by atoms with van der Waals surface area (Å²) in [7, 11) is 0. The average molecular weight is 249 g/mol. The van der Waals surface area contributed by atoms with Crippen molar-refractivity contribution in [1.29, 1.82) is 0 Å². The number of anilines is 2.